The molecule has 1 aliphatic heterocycles. The highest BCUT2D eigenvalue weighted by molar-refractivity contribution is 6.30. The number of benzene rings is 1. The molecule has 1 atom stereocenters. The molecule has 1 aromatic rings. The van der Waals surface area contributed by atoms with E-state index in [-0.39, 0.29) is 12.5 Å². The lowest BCUT2D eigenvalue weighted by atomic mass is 9.94. The van der Waals surface area contributed by atoms with Crippen LogP contribution in [-0.4, -0.2) is 55.0 Å². The molecule has 1 aromatic carbocycles. The van der Waals surface area contributed by atoms with Gasteiger partial charge in [0.25, 0.3) is 5.91 Å². The summed E-state index contributed by atoms with van der Waals surface area (Å²) in [7, 11) is 0. The predicted octanol–water partition coefficient (Wildman–Crippen LogP) is 3.22. The fourth-order valence-corrected chi connectivity index (χ4v) is 3.46. The molecule has 0 N–H and O–H groups in total. The van der Waals surface area contributed by atoms with E-state index in [1.54, 1.807) is 24.3 Å². The Morgan fingerprint density at radius 2 is 1.88 bits per heavy atom. The van der Waals surface area contributed by atoms with Gasteiger partial charge >= 0.3 is 0 Å². The van der Waals surface area contributed by atoms with Gasteiger partial charge in [0.15, 0.2) is 6.61 Å². The van der Waals surface area contributed by atoms with E-state index in [4.69, 9.17) is 16.3 Å². The molecule has 24 heavy (non-hydrogen) atoms. The molecule has 1 fully saturated rings. The summed E-state index contributed by atoms with van der Waals surface area (Å²) in [5.74, 6) is 1.52. The van der Waals surface area contributed by atoms with Gasteiger partial charge in [0, 0.05) is 37.7 Å². The summed E-state index contributed by atoms with van der Waals surface area (Å²) in [6, 6.07) is 7.10. The van der Waals surface area contributed by atoms with E-state index in [0.29, 0.717) is 10.8 Å². The number of hydrogen-bond donors (Lipinski definition) is 0. The topological polar surface area (TPSA) is 32.8 Å². The zero-order valence-electron chi connectivity index (χ0n) is 14.0. The average molecular weight is 349 g/mol. The predicted molar refractivity (Wildman–Crippen MR) is 96.4 cm³/mol. The van der Waals surface area contributed by atoms with Crippen LogP contribution in [0, 0.1) is 5.92 Å². The van der Waals surface area contributed by atoms with Crippen LogP contribution in [0.3, 0.4) is 0 Å². The normalized spacial score (nSPS) is 21.7. The summed E-state index contributed by atoms with van der Waals surface area (Å²) in [5.41, 5.74) is 0. The molecule has 3 rings (SSSR count). The molecular formula is C19H25ClN2O2. The molecule has 4 nitrogen and oxygen atoms in total. The quantitative estimate of drug-likeness (QED) is 0.766. The highest BCUT2D eigenvalue weighted by Crippen LogP contribution is 2.20. The first kappa shape index (κ1) is 17.3. The summed E-state index contributed by atoms with van der Waals surface area (Å²) < 4.78 is 5.55. The van der Waals surface area contributed by atoms with Gasteiger partial charge in [-0.25, -0.2) is 0 Å². The van der Waals surface area contributed by atoms with Crippen LogP contribution in [0.15, 0.2) is 36.4 Å². The Kier molecular flexibility index (Phi) is 6.16. The molecule has 130 valence electrons. The van der Waals surface area contributed by atoms with E-state index in [1.807, 2.05) is 4.90 Å². The number of amides is 1. The largest absolute Gasteiger partial charge is 0.484 e. The van der Waals surface area contributed by atoms with Crippen molar-refractivity contribution >= 4 is 17.5 Å². The third-order valence-corrected chi connectivity index (χ3v) is 5.05. The maximum atomic E-state index is 12.3. The van der Waals surface area contributed by atoms with Gasteiger partial charge in [-0.05, 0) is 49.4 Å². The molecule has 0 aromatic heterocycles. The number of ether oxygens (including phenoxy) is 1. The molecule has 0 saturated carbocycles. The van der Waals surface area contributed by atoms with E-state index >= 15 is 0 Å². The standard InChI is InChI=1S/C19H25ClN2O2/c20-17-6-8-18(9-7-17)24-15-19(23)22-12-10-21(11-13-22)14-16-4-2-1-3-5-16/h1-2,6-9,16H,3-5,10-15H2/t16-/m0/s1. The first-order valence-corrected chi connectivity index (χ1v) is 9.12. The SMILES string of the molecule is O=C(COc1ccc(Cl)cc1)N1CCN(C[C@H]2CC=CCC2)CC1. The fourth-order valence-electron chi connectivity index (χ4n) is 3.33. The number of nitrogens with zero attached hydrogens (tertiary/aromatic N) is 2. The zero-order valence-corrected chi connectivity index (χ0v) is 14.8. The summed E-state index contributed by atoms with van der Waals surface area (Å²) in [6.07, 6.45) is 8.31. The van der Waals surface area contributed by atoms with Crippen LogP contribution in [0.25, 0.3) is 0 Å². The fraction of sp³-hybridized carbons (Fsp3) is 0.526. The van der Waals surface area contributed by atoms with Crippen LogP contribution in [0.1, 0.15) is 19.3 Å². The van der Waals surface area contributed by atoms with E-state index in [0.717, 1.165) is 38.6 Å². The molecule has 1 heterocycles. The first-order valence-electron chi connectivity index (χ1n) is 8.74. The maximum Gasteiger partial charge on any atom is 0.260 e. The molecule has 1 amide bonds. The van der Waals surface area contributed by atoms with Gasteiger partial charge in [-0.2, -0.15) is 0 Å². The third-order valence-electron chi connectivity index (χ3n) is 4.80. The van der Waals surface area contributed by atoms with Crippen LogP contribution in [-0.2, 0) is 4.79 Å². The summed E-state index contributed by atoms with van der Waals surface area (Å²) in [5, 5.41) is 0.665. The van der Waals surface area contributed by atoms with Crippen molar-refractivity contribution in [2.75, 3.05) is 39.3 Å². The average Bonchev–Trinajstić information content (AvgIpc) is 2.62. The molecular weight excluding hydrogens is 324 g/mol. The van der Waals surface area contributed by atoms with Gasteiger partial charge < -0.3 is 9.64 Å². The smallest absolute Gasteiger partial charge is 0.260 e. The summed E-state index contributed by atoms with van der Waals surface area (Å²) in [4.78, 5) is 16.7. The van der Waals surface area contributed by atoms with E-state index < -0.39 is 0 Å². The monoisotopic (exact) mass is 348 g/mol. The Bertz CT molecular complexity index is 565. The molecule has 0 spiro atoms. The number of carbonyl (C=O) groups is 1. The van der Waals surface area contributed by atoms with Gasteiger partial charge in [0.05, 0.1) is 0 Å². The molecule has 1 saturated heterocycles. The molecule has 1 aliphatic carbocycles. The van der Waals surface area contributed by atoms with Crippen molar-refractivity contribution < 1.29 is 9.53 Å². The second-order valence-electron chi connectivity index (χ2n) is 6.57. The van der Waals surface area contributed by atoms with E-state index in [9.17, 15) is 4.79 Å². The lowest BCUT2D eigenvalue weighted by Gasteiger charge is -2.36. The Hall–Kier alpha value is -1.52. The Labute approximate surface area is 149 Å². The minimum atomic E-state index is 0.0604. The number of hydrogen-bond acceptors (Lipinski definition) is 3. The van der Waals surface area contributed by atoms with Crippen molar-refractivity contribution in [3.8, 4) is 5.75 Å². The van der Waals surface area contributed by atoms with Crippen LogP contribution >= 0.6 is 11.6 Å². The Balaban J connectivity index is 1.38. The van der Waals surface area contributed by atoms with Crippen molar-refractivity contribution in [1.82, 2.24) is 9.80 Å². The van der Waals surface area contributed by atoms with Gasteiger partial charge in [-0.3, -0.25) is 9.69 Å². The Morgan fingerprint density at radius 1 is 1.12 bits per heavy atom. The van der Waals surface area contributed by atoms with Crippen molar-refractivity contribution in [1.29, 1.82) is 0 Å². The number of rotatable bonds is 5. The zero-order chi connectivity index (χ0) is 16.8. The molecule has 5 heteroatoms. The second kappa shape index (κ2) is 8.54. The number of halogens is 1. The molecule has 0 bridgehead atoms. The van der Waals surface area contributed by atoms with E-state index in [2.05, 4.69) is 17.1 Å². The van der Waals surface area contributed by atoms with Crippen molar-refractivity contribution in [2.45, 2.75) is 19.3 Å². The lowest BCUT2D eigenvalue weighted by Crippen LogP contribution is -2.50. The second-order valence-corrected chi connectivity index (χ2v) is 7.01. The van der Waals surface area contributed by atoms with Gasteiger partial charge in [0.2, 0.25) is 0 Å². The maximum absolute atomic E-state index is 12.3. The number of allylic oxidation sites excluding steroid dienone is 2. The first-order chi connectivity index (χ1) is 11.7. The third kappa shape index (κ3) is 4.99. The van der Waals surface area contributed by atoms with Crippen LogP contribution in [0.2, 0.25) is 5.02 Å². The highest BCUT2D eigenvalue weighted by Gasteiger charge is 2.23. The highest BCUT2D eigenvalue weighted by atomic mass is 35.5. The number of piperazine rings is 1. The minimum absolute atomic E-state index is 0.0604. The van der Waals surface area contributed by atoms with Gasteiger partial charge in [0.1, 0.15) is 5.75 Å². The lowest BCUT2D eigenvalue weighted by molar-refractivity contribution is -0.135. The van der Waals surface area contributed by atoms with Gasteiger partial charge in [-0.1, -0.05) is 23.8 Å². The van der Waals surface area contributed by atoms with E-state index in [1.165, 1.54) is 19.3 Å². The summed E-state index contributed by atoms with van der Waals surface area (Å²) in [6.45, 7) is 4.78. The van der Waals surface area contributed by atoms with Crippen LogP contribution < -0.4 is 4.74 Å². The van der Waals surface area contributed by atoms with Crippen LogP contribution in [0.4, 0.5) is 0 Å². The molecule has 0 radical (unpaired) electrons. The summed E-state index contributed by atoms with van der Waals surface area (Å²) >= 11 is 5.84. The van der Waals surface area contributed by atoms with Crippen molar-refractivity contribution in [3.63, 3.8) is 0 Å². The van der Waals surface area contributed by atoms with Crippen LogP contribution in [0.5, 0.6) is 5.75 Å². The Morgan fingerprint density at radius 3 is 2.54 bits per heavy atom. The molecule has 2 aliphatic rings. The molecule has 0 unspecified atom stereocenters. The van der Waals surface area contributed by atoms with Crippen molar-refractivity contribution in [2.24, 2.45) is 5.92 Å². The minimum Gasteiger partial charge on any atom is -0.484 e. The number of carbonyl (C=O) groups excluding carboxylic acids is 1. The van der Waals surface area contributed by atoms with Crippen molar-refractivity contribution in [3.05, 3.63) is 41.4 Å². The van der Waals surface area contributed by atoms with Gasteiger partial charge in [-0.15, -0.1) is 0 Å².